The lowest BCUT2D eigenvalue weighted by Crippen LogP contribution is -2.31. The molecule has 5 heteroatoms. The zero-order chi connectivity index (χ0) is 19.6. The molecule has 0 unspecified atom stereocenters. The third kappa shape index (κ3) is 6.52. The third-order valence-electron chi connectivity index (χ3n) is 4.79. The Morgan fingerprint density at radius 1 is 1.04 bits per heavy atom. The van der Waals surface area contributed by atoms with Crippen LogP contribution < -0.4 is 14.8 Å². The molecule has 148 valence electrons. The summed E-state index contributed by atoms with van der Waals surface area (Å²) in [6.45, 7) is 12.0. The summed E-state index contributed by atoms with van der Waals surface area (Å²) in [7, 11) is 1.68. The summed E-state index contributed by atoms with van der Waals surface area (Å²) in [5.74, 6) is 1.51. The Balaban J connectivity index is 1.98. The van der Waals surface area contributed by atoms with Crippen LogP contribution in [0.1, 0.15) is 30.5 Å². The summed E-state index contributed by atoms with van der Waals surface area (Å²) >= 11 is 3.67. The molecule has 0 amide bonds. The minimum atomic E-state index is 0.525. The number of aryl methyl sites for hydroxylation is 1. The van der Waals surface area contributed by atoms with Gasteiger partial charge in [0.25, 0.3) is 0 Å². The zero-order valence-electron chi connectivity index (χ0n) is 16.8. The van der Waals surface area contributed by atoms with Gasteiger partial charge < -0.3 is 19.7 Å². The lowest BCUT2D eigenvalue weighted by molar-refractivity contribution is 0.283. The van der Waals surface area contributed by atoms with Crippen LogP contribution in [0.4, 0.5) is 0 Å². The normalized spacial score (nSPS) is 11.0. The predicted molar refractivity (Wildman–Crippen MR) is 116 cm³/mol. The molecule has 0 heterocycles. The first-order valence-electron chi connectivity index (χ1n) is 9.55. The van der Waals surface area contributed by atoms with Crippen LogP contribution in [-0.2, 0) is 13.2 Å². The van der Waals surface area contributed by atoms with Crippen LogP contribution >= 0.6 is 15.9 Å². The largest absolute Gasteiger partial charge is 0.493 e. The second kappa shape index (κ2) is 11.3. The highest BCUT2D eigenvalue weighted by Gasteiger charge is 2.11. The zero-order valence-corrected chi connectivity index (χ0v) is 18.4. The highest BCUT2D eigenvalue weighted by Crippen LogP contribution is 2.34. The molecular weight excluding hydrogens is 404 g/mol. The molecule has 0 atom stereocenters. The average Bonchev–Trinajstić information content (AvgIpc) is 2.68. The maximum absolute atomic E-state index is 6.03. The second-order valence-electron chi connectivity index (χ2n) is 6.51. The van der Waals surface area contributed by atoms with Crippen LogP contribution in [0.2, 0.25) is 0 Å². The van der Waals surface area contributed by atoms with Crippen LogP contribution in [0.5, 0.6) is 11.5 Å². The Morgan fingerprint density at radius 3 is 2.44 bits per heavy atom. The van der Waals surface area contributed by atoms with Crippen LogP contribution in [0, 0.1) is 6.92 Å². The minimum absolute atomic E-state index is 0.525. The molecule has 2 rings (SSSR count). The van der Waals surface area contributed by atoms with Crippen LogP contribution in [0.25, 0.3) is 0 Å². The van der Waals surface area contributed by atoms with Crippen molar-refractivity contribution in [2.24, 2.45) is 0 Å². The van der Waals surface area contributed by atoms with E-state index in [2.05, 4.69) is 59.1 Å². The fourth-order valence-electron chi connectivity index (χ4n) is 2.91. The van der Waals surface area contributed by atoms with Crippen molar-refractivity contribution in [3.8, 4) is 11.5 Å². The topological polar surface area (TPSA) is 33.7 Å². The van der Waals surface area contributed by atoms with Gasteiger partial charge in [-0.25, -0.2) is 0 Å². The fraction of sp³-hybridized carbons (Fsp3) is 0.455. The standard InChI is InChI=1S/C22H31BrN2O2/c1-5-25(6-2)12-11-24-15-19-13-21(26-4)22(14-20(19)23)27-16-18-10-8-7-9-17(18)3/h7-10,13-14,24H,5-6,11-12,15-16H2,1-4H3. The van der Waals surface area contributed by atoms with Crippen molar-refractivity contribution in [1.82, 2.24) is 10.2 Å². The first kappa shape index (κ1) is 21.7. The van der Waals surface area contributed by atoms with Crippen LogP contribution in [0.3, 0.4) is 0 Å². The summed E-state index contributed by atoms with van der Waals surface area (Å²) in [5.41, 5.74) is 3.57. The van der Waals surface area contributed by atoms with Crippen LogP contribution in [-0.4, -0.2) is 38.2 Å². The molecule has 0 aliphatic carbocycles. The van der Waals surface area contributed by atoms with Crippen molar-refractivity contribution >= 4 is 15.9 Å². The van der Waals surface area contributed by atoms with Gasteiger partial charge >= 0.3 is 0 Å². The molecule has 1 N–H and O–H groups in total. The number of hydrogen-bond acceptors (Lipinski definition) is 4. The number of likely N-dealkylation sites (N-methyl/N-ethyl adjacent to an activating group) is 1. The molecule has 0 saturated carbocycles. The number of ether oxygens (including phenoxy) is 2. The van der Waals surface area contributed by atoms with Crippen molar-refractivity contribution in [2.75, 3.05) is 33.3 Å². The van der Waals surface area contributed by atoms with E-state index < -0.39 is 0 Å². The lowest BCUT2D eigenvalue weighted by Gasteiger charge is -2.18. The van der Waals surface area contributed by atoms with Gasteiger partial charge in [0.05, 0.1) is 7.11 Å². The van der Waals surface area contributed by atoms with Crippen molar-refractivity contribution < 1.29 is 9.47 Å². The lowest BCUT2D eigenvalue weighted by atomic mass is 10.1. The molecule has 0 radical (unpaired) electrons. The molecule has 4 nitrogen and oxygen atoms in total. The number of nitrogens with one attached hydrogen (secondary N) is 1. The predicted octanol–water partition coefficient (Wildman–Crippen LogP) is 4.78. The number of hydrogen-bond donors (Lipinski definition) is 1. The van der Waals surface area contributed by atoms with Crippen molar-refractivity contribution in [1.29, 1.82) is 0 Å². The Labute approximate surface area is 172 Å². The maximum atomic E-state index is 6.03. The van der Waals surface area contributed by atoms with Crippen LogP contribution in [0.15, 0.2) is 40.9 Å². The molecule has 0 bridgehead atoms. The van der Waals surface area contributed by atoms with E-state index in [1.54, 1.807) is 7.11 Å². The molecule has 2 aromatic rings. The molecular formula is C22H31BrN2O2. The molecule has 0 aliphatic heterocycles. The Morgan fingerprint density at radius 2 is 1.78 bits per heavy atom. The van der Waals surface area contributed by atoms with Gasteiger partial charge in [-0.3, -0.25) is 0 Å². The van der Waals surface area contributed by atoms with Gasteiger partial charge in [-0.2, -0.15) is 0 Å². The summed E-state index contributed by atoms with van der Waals surface area (Å²) < 4.78 is 12.6. The van der Waals surface area contributed by atoms with Gasteiger partial charge in [-0.1, -0.05) is 54.0 Å². The monoisotopic (exact) mass is 434 g/mol. The molecule has 0 saturated heterocycles. The number of rotatable bonds is 11. The average molecular weight is 435 g/mol. The van der Waals surface area contributed by atoms with E-state index in [0.29, 0.717) is 6.61 Å². The van der Waals surface area contributed by atoms with Gasteiger partial charge in [-0.05, 0) is 48.8 Å². The minimum Gasteiger partial charge on any atom is -0.493 e. The first-order chi connectivity index (χ1) is 13.1. The molecule has 0 aromatic heterocycles. The number of benzene rings is 2. The first-order valence-corrected chi connectivity index (χ1v) is 10.3. The Bertz CT molecular complexity index is 717. The molecule has 27 heavy (non-hydrogen) atoms. The summed E-state index contributed by atoms with van der Waals surface area (Å²) in [5, 5.41) is 3.51. The summed E-state index contributed by atoms with van der Waals surface area (Å²) in [6.07, 6.45) is 0. The third-order valence-corrected chi connectivity index (χ3v) is 5.53. The fourth-order valence-corrected chi connectivity index (χ4v) is 3.38. The van der Waals surface area contributed by atoms with E-state index in [1.165, 1.54) is 11.1 Å². The van der Waals surface area contributed by atoms with E-state index in [1.807, 2.05) is 24.3 Å². The Kier molecular flexibility index (Phi) is 9.11. The maximum Gasteiger partial charge on any atom is 0.162 e. The van der Waals surface area contributed by atoms with Gasteiger partial charge in [0.15, 0.2) is 11.5 Å². The smallest absolute Gasteiger partial charge is 0.162 e. The van der Waals surface area contributed by atoms with Gasteiger partial charge in [0.1, 0.15) is 6.61 Å². The molecule has 0 aliphatic rings. The van der Waals surface area contributed by atoms with Gasteiger partial charge in [0.2, 0.25) is 0 Å². The van der Waals surface area contributed by atoms with Crippen molar-refractivity contribution in [3.63, 3.8) is 0 Å². The van der Waals surface area contributed by atoms with E-state index in [9.17, 15) is 0 Å². The number of halogens is 1. The van der Waals surface area contributed by atoms with E-state index in [-0.39, 0.29) is 0 Å². The Hall–Kier alpha value is -1.56. The number of methoxy groups -OCH3 is 1. The van der Waals surface area contributed by atoms with E-state index >= 15 is 0 Å². The van der Waals surface area contributed by atoms with E-state index in [0.717, 1.165) is 54.3 Å². The van der Waals surface area contributed by atoms with Crippen molar-refractivity contribution in [2.45, 2.75) is 33.9 Å². The van der Waals surface area contributed by atoms with Crippen molar-refractivity contribution in [3.05, 3.63) is 57.6 Å². The highest BCUT2D eigenvalue weighted by molar-refractivity contribution is 9.10. The number of nitrogens with zero attached hydrogens (tertiary/aromatic N) is 1. The second-order valence-corrected chi connectivity index (χ2v) is 7.37. The highest BCUT2D eigenvalue weighted by atomic mass is 79.9. The van der Waals surface area contributed by atoms with Gasteiger partial charge in [0, 0.05) is 24.1 Å². The SMILES string of the molecule is CCN(CC)CCNCc1cc(OC)c(OCc2ccccc2C)cc1Br. The molecule has 0 fully saturated rings. The van der Waals surface area contributed by atoms with E-state index in [4.69, 9.17) is 9.47 Å². The quantitative estimate of drug-likeness (QED) is 0.516. The molecule has 0 spiro atoms. The summed E-state index contributed by atoms with van der Waals surface area (Å²) in [6, 6.07) is 12.3. The summed E-state index contributed by atoms with van der Waals surface area (Å²) in [4.78, 5) is 2.41. The molecule has 2 aromatic carbocycles. The van der Waals surface area contributed by atoms with Gasteiger partial charge in [-0.15, -0.1) is 0 Å².